The number of likely N-dealkylation sites (N-methyl/N-ethyl adjacent to an activating group) is 1. The largest absolute Gasteiger partial charge is 0.396 e. The molecule has 0 aromatic heterocycles. The van der Waals surface area contributed by atoms with Crippen LogP contribution < -0.4 is 5.32 Å². The van der Waals surface area contributed by atoms with Crippen LogP contribution in [0.15, 0.2) is 99.3 Å². The molecule has 302 valence electrons. The van der Waals surface area contributed by atoms with E-state index >= 15 is 4.39 Å². The maximum Gasteiger partial charge on any atom is 0.286 e. The number of nitrogens with one attached hydrogen (secondary N) is 1. The van der Waals surface area contributed by atoms with Crippen LogP contribution in [0.5, 0.6) is 0 Å². The van der Waals surface area contributed by atoms with Gasteiger partial charge in [0.2, 0.25) is 0 Å². The van der Waals surface area contributed by atoms with Gasteiger partial charge in [0.05, 0.1) is 0 Å². The summed E-state index contributed by atoms with van der Waals surface area (Å²) < 4.78 is 44.9. The molecule has 0 bridgehead atoms. The van der Waals surface area contributed by atoms with Gasteiger partial charge >= 0.3 is 0 Å². The summed E-state index contributed by atoms with van der Waals surface area (Å²) in [6.45, 7) is 20.5. The second kappa shape index (κ2) is 20.9. The van der Waals surface area contributed by atoms with Crippen LogP contribution in [0.25, 0.3) is 0 Å². The Balaban J connectivity index is 1.88. The number of hydrogen-bond donors (Lipinski definition) is 2. The Bertz CT molecular complexity index is 1500. The number of nitrogens with zero attached hydrogens (tertiary/aromatic N) is 2. The normalized spacial score (nSPS) is 21.5. The summed E-state index contributed by atoms with van der Waals surface area (Å²) in [6, 6.07) is 0. The van der Waals surface area contributed by atoms with Crippen molar-refractivity contribution in [3.05, 3.63) is 94.3 Å². The lowest BCUT2D eigenvalue weighted by Crippen LogP contribution is -2.43. The van der Waals surface area contributed by atoms with Crippen LogP contribution in [0.2, 0.25) is 0 Å². The Morgan fingerprint density at radius 1 is 1.04 bits per heavy atom. The number of rotatable bonds is 21. The van der Waals surface area contributed by atoms with Gasteiger partial charge in [-0.05, 0) is 143 Å². The molecule has 54 heavy (non-hydrogen) atoms. The van der Waals surface area contributed by atoms with Crippen molar-refractivity contribution in [3.63, 3.8) is 0 Å². The fourth-order valence-corrected chi connectivity index (χ4v) is 8.45. The molecule has 2 unspecified atom stereocenters. The van der Waals surface area contributed by atoms with E-state index in [1.54, 1.807) is 6.92 Å². The van der Waals surface area contributed by atoms with Gasteiger partial charge in [0, 0.05) is 36.7 Å². The number of halogens is 3. The third kappa shape index (κ3) is 12.8. The molecule has 0 saturated heterocycles. The average Bonchev–Trinajstić information content (AvgIpc) is 3.61. The van der Waals surface area contributed by atoms with E-state index in [1.165, 1.54) is 43.5 Å². The molecule has 0 heterocycles. The predicted molar refractivity (Wildman–Crippen MR) is 224 cm³/mol. The van der Waals surface area contributed by atoms with Crippen molar-refractivity contribution < 1.29 is 18.3 Å². The maximum absolute atomic E-state index is 15.7. The third-order valence-electron chi connectivity index (χ3n) is 12.1. The minimum Gasteiger partial charge on any atom is -0.396 e. The summed E-state index contributed by atoms with van der Waals surface area (Å²) in [5.74, 6) is -2.79. The monoisotopic (exact) mass is 752 g/mol. The van der Waals surface area contributed by atoms with Crippen LogP contribution in [-0.2, 0) is 0 Å². The van der Waals surface area contributed by atoms with Crippen LogP contribution in [0, 0.1) is 17.3 Å². The maximum atomic E-state index is 15.7. The van der Waals surface area contributed by atoms with Gasteiger partial charge in [0.1, 0.15) is 11.5 Å². The number of aliphatic hydroxyl groups excluding tert-OH is 1. The number of aliphatic hydroxyl groups is 1. The van der Waals surface area contributed by atoms with E-state index in [2.05, 4.69) is 88.4 Å². The molecule has 3 aliphatic rings. The molecule has 7 heteroatoms. The molecule has 0 aromatic carbocycles. The number of allylic oxidation sites excluding steroid dienone is 11. The van der Waals surface area contributed by atoms with Gasteiger partial charge < -0.3 is 10.4 Å². The first-order chi connectivity index (χ1) is 25.4. The van der Waals surface area contributed by atoms with Gasteiger partial charge in [0.25, 0.3) is 5.92 Å². The van der Waals surface area contributed by atoms with Gasteiger partial charge in [-0.15, -0.1) is 0 Å². The Labute approximate surface area is 326 Å². The van der Waals surface area contributed by atoms with Crippen molar-refractivity contribution in [1.82, 2.24) is 10.2 Å². The van der Waals surface area contributed by atoms with Gasteiger partial charge in [0.15, 0.2) is 0 Å². The molecular weight excluding hydrogens is 680 g/mol. The highest BCUT2D eigenvalue weighted by atomic mass is 19.3. The lowest BCUT2D eigenvalue weighted by atomic mass is 9.73. The van der Waals surface area contributed by atoms with Crippen LogP contribution in [0.4, 0.5) is 13.2 Å². The second-order valence-electron chi connectivity index (χ2n) is 17.3. The highest BCUT2D eigenvalue weighted by Crippen LogP contribution is 2.44. The van der Waals surface area contributed by atoms with Crippen LogP contribution in [0.1, 0.15) is 144 Å². The van der Waals surface area contributed by atoms with E-state index in [-0.39, 0.29) is 40.9 Å². The highest BCUT2D eigenvalue weighted by Gasteiger charge is 2.39. The lowest BCUT2D eigenvalue weighted by molar-refractivity contribution is 0.0622. The summed E-state index contributed by atoms with van der Waals surface area (Å²) in [4.78, 5) is 6.35. The minimum absolute atomic E-state index is 0.0409. The Morgan fingerprint density at radius 2 is 1.67 bits per heavy atom. The molecule has 4 nitrogen and oxygen atoms in total. The summed E-state index contributed by atoms with van der Waals surface area (Å²) in [5, 5.41) is 12.6. The van der Waals surface area contributed by atoms with E-state index < -0.39 is 5.92 Å². The van der Waals surface area contributed by atoms with E-state index in [1.807, 2.05) is 6.08 Å². The van der Waals surface area contributed by atoms with Gasteiger partial charge in [-0.3, -0.25) is 9.89 Å². The molecule has 0 aromatic rings. The Hall–Kier alpha value is -2.90. The van der Waals surface area contributed by atoms with Gasteiger partial charge in [-0.25, -0.2) is 4.39 Å². The minimum atomic E-state index is -3.12. The first-order valence-electron chi connectivity index (χ1n) is 20.7. The van der Waals surface area contributed by atoms with Crippen molar-refractivity contribution in [3.8, 4) is 0 Å². The van der Waals surface area contributed by atoms with Crippen LogP contribution >= 0.6 is 0 Å². The molecule has 1 fully saturated rings. The fraction of sp³-hybridized carbons (Fsp3) is 0.638. The molecule has 0 amide bonds. The van der Waals surface area contributed by atoms with E-state index in [0.717, 1.165) is 92.8 Å². The first kappa shape index (κ1) is 45.5. The molecular formula is C47H72F3N3O. The summed E-state index contributed by atoms with van der Waals surface area (Å²) >= 11 is 0. The van der Waals surface area contributed by atoms with E-state index in [0.29, 0.717) is 24.8 Å². The van der Waals surface area contributed by atoms with Gasteiger partial charge in [-0.2, -0.15) is 8.78 Å². The topological polar surface area (TPSA) is 47.9 Å². The Morgan fingerprint density at radius 3 is 2.22 bits per heavy atom. The summed E-state index contributed by atoms with van der Waals surface area (Å²) in [6.07, 6.45) is 27.0. The van der Waals surface area contributed by atoms with Crippen molar-refractivity contribution in [2.75, 3.05) is 20.7 Å². The van der Waals surface area contributed by atoms with Crippen molar-refractivity contribution >= 4 is 6.21 Å². The quantitative estimate of drug-likeness (QED) is 0.0697. The van der Waals surface area contributed by atoms with Crippen molar-refractivity contribution in [2.45, 2.75) is 156 Å². The number of aliphatic imine (C=N–C) groups is 1. The average molecular weight is 752 g/mol. The van der Waals surface area contributed by atoms with Crippen molar-refractivity contribution in [1.29, 1.82) is 0 Å². The fourth-order valence-electron chi connectivity index (χ4n) is 8.45. The zero-order valence-electron chi connectivity index (χ0n) is 35.0. The van der Waals surface area contributed by atoms with Crippen LogP contribution in [0.3, 0.4) is 0 Å². The highest BCUT2D eigenvalue weighted by molar-refractivity contribution is 5.57. The summed E-state index contributed by atoms with van der Waals surface area (Å²) in [5.41, 5.74) is 5.57. The Kier molecular flexibility index (Phi) is 17.6. The predicted octanol–water partition coefficient (Wildman–Crippen LogP) is 13.0. The SMILES string of the molecule is C=C(/C=C(\N=C/C)C(C)(F)F)C1=C(NC(=C)/C(CCC2=CCC(CCCCCCCCCO)C=C2F)=C(\C)C2(N(C)C)CCCC2)C=CC(C(C)(C)C)C1. The molecule has 1 saturated carbocycles. The molecule has 0 spiro atoms. The number of alkyl halides is 2. The molecule has 0 aliphatic heterocycles. The lowest BCUT2D eigenvalue weighted by Gasteiger charge is -2.40. The second-order valence-corrected chi connectivity index (χ2v) is 17.3. The summed E-state index contributed by atoms with van der Waals surface area (Å²) in [7, 11) is 4.30. The van der Waals surface area contributed by atoms with Crippen LogP contribution in [-0.4, -0.2) is 48.4 Å². The van der Waals surface area contributed by atoms with Gasteiger partial charge in [-0.1, -0.05) is 97.4 Å². The molecule has 3 aliphatic carbocycles. The van der Waals surface area contributed by atoms with Crippen molar-refractivity contribution in [2.24, 2.45) is 22.2 Å². The number of unbranched alkanes of at least 4 members (excludes halogenated alkanes) is 6. The standard InChI is InChI=1S/C47H72F3N3O/c1-11-51-44(46(8,49)50)31-34(2)41-33-39(45(5,6)7)25-27-43(41)52-36(4)40(35(3)47(53(9)10)28-18-19-29-47)26-24-38-23-22-37(32-42(38)48)21-17-15-13-12-14-16-20-30-54/h11,23,25,27,31-32,37,39,52,54H,2,4,12-22,24,26,28-30,33H2,1,3,5-10H3/b40-35+,44-31-,51-11-. The zero-order chi connectivity index (χ0) is 40.1. The molecule has 2 N–H and O–H groups in total. The molecule has 2 atom stereocenters. The zero-order valence-corrected chi connectivity index (χ0v) is 35.0. The number of hydrogen-bond acceptors (Lipinski definition) is 4. The third-order valence-corrected chi connectivity index (χ3v) is 12.1. The first-order valence-corrected chi connectivity index (χ1v) is 20.7. The van der Waals surface area contributed by atoms with E-state index in [4.69, 9.17) is 5.11 Å². The molecule has 3 rings (SSSR count). The smallest absolute Gasteiger partial charge is 0.286 e. The molecule has 0 radical (unpaired) electrons. The van der Waals surface area contributed by atoms with E-state index in [9.17, 15) is 8.78 Å².